The largest absolute Gasteiger partial charge is 0.357 e. The number of hydrogen-bond acceptors (Lipinski definition) is 4. The van der Waals surface area contributed by atoms with Gasteiger partial charge in [-0.1, -0.05) is 70.2 Å². The maximum absolute atomic E-state index is 13.4. The molecular weight excluding hydrogens is 432 g/mol. The van der Waals surface area contributed by atoms with Gasteiger partial charge in [0.2, 0.25) is 11.8 Å². The van der Waals surface area contributed by atoms with Crippen molar-refractivity contribution in [2.24, 2.45) is 23.7 Å². The Balaban J connectivity index is 2.27. The number of allylic oxidation sites excluding steroid dienone is 1. The van der Waals surface area contributed by atoms with Crippen LogP contribution in [0.15, 0.2) is 54.7 Å². The van der Waals surface area contributed by atoms with E-state index < -0.39 is 23.7 Å². The van der Waals surface area contributed by atoms with E-state index in [0.29, 0.717) is 18.7 Å². The summed E-state index contributed by atoms with van der Waals surface area (Å²) < 4.78 is 0. The molecule has 1 heterocycles. The lowest BCUT2D eigenvalue weighted by Crippen LogP contribution is -2.52. The molecule has 2 rings (SSSR count). The van der Waals surface area contributed by atoms with Gasteiger partial charge in [0.25, 0.3) is 5.91 Å². The van der Waals surface area contributed by atoms with Gasteiger partial charge in [-0.15, -0.1) is 0 Å². The molecule has 0 saturated heterocycles. The molecule has 3 amide bonds. The van der Waals surface area contributed by atoms with Crippen LogP contribution in [0.5, 0.6) is 0 Å². The van der Waals surface area contributed by atoms with Crippen LogP contribution < -0.4 is 10.9 Å². The van der Waals surface area contributed by atoms with Gasteiger partial charge in [-0.05, 0) is 42.4 Å². The van der Waals surface area contributed by atoms with Crippen LogP contribution in [0.1, 0.15) is 56.6 Å². The molecule has 0 bridgehead atoms. The first kappa shape index (κ1) is 26.9. The standard InChI is InChI=1S/C26H36N4O4/c1-18(2)16-22(21(25(32)29-34)13-8-12-20-10-6-5-7-11-20)24(31)28-30(17-19(3)4)26(33)23-14-9-15-27-23/h5-12,14-15,18-19,21-22,27,34H,13,16-17H2,1-4H3,(H,28,31)(H,29,32)/t21-,22+/m0/s1. The molecule has 184 valence electrons. The molecular formula is C26H36N4O4. The van der Waals surface area contributed by atoms with Crippen LogP contribution in [0.2, 0.25) is 0 Å². The number of aromatic nitrogens is 1. The summed E-state index contributed by atoms with van der Waals surface area (Å²) in [6.45, 7) is 8.13. The maximum Gasteiger partial charge on any atom is 0.288 e. The Morgan fingerprint density at radius 3 is 2.24 bits per heavy atom. The highest BCUT2D eigenvalue weighted by molar-refractivity contribution is 5.94. The molecule has 0 aliphatic heterocycles. The smallest absolute Gasteiger partial charge is 0.288 e. The Morgan fingerprint density at radius 2 is 1.68 bits per heavy atom. The van der Waals surface area contributed by atoms with E-state index in [-0.39, 0.29) is 24.2 Å². The molecule has 8 nitrogen and oxygen atoms in total. The molecule has 1 aromatic heterocycles. The zero-order chi connectivity index (χ0) is 25.1. The lowest BCUT2D eigenvalue weighted by atomic mass is 9.82. The molecule has 0 spiro atoms. The second-order valence-electron chi connectivity index (χ2n) is 9.24. The van der Waals surface area contributed by atoms with Crippen molar-refractivity contribution in [3.63, 3.8) is 0 Å². The van der Waals surface area contributed by atoms with E-state index >= 15 is 0 Å². The minimum absolute atomic E-state index is 0.105. The van der Waals surface area contributed by atoms with Crippen molar-refractivity contribution >= 4 is 23.8 Å². The minimum Gasteiger partial charge on any atom is -0.357 e. The first-order chi connectivity index (χ1) is 16.2. The number of aromatic amines is 1. The molecule has 0 aliphatic carbocycles. The highest BCUT2D eigenvalue weighted by Gasteiger charge is 2.35. The first-order valence-electron chi connectivity index (χ1n) is 11.6. The Morgan fingerprint density at radius 1 is 0.971 bits per heavy atom. The van der Waals surface area contributed by atoms with Gasteiger partial charge in [0.1, 0.15) is 5.69 Å². The van der Waals surface area contributed by atoms with Crippen molar-refractivity contribution in [3.8, 4) is 0 Å². The predicted octanol–water partition coefficient (Wildman–Crippen LogP) is 4.03. The van der Waals surface area contributed by atoms with Crippen molar-refractivity contribution in [2.45, 2.75) is 40.5 Å². The third kappa shape index (κ3) is 8.19. The number of H-pyrrole nitrogens is 1. The van der Waals surface area contributed by atoms with Gasteiger partial charge < -0.3 is 4.98 Å². The van der Waals surface area contributed by atoms with Crippen LogP contribution >= 0.6 is 0 Å². The summed E-state index contributed by atoms with van der Waals surface area (Å²) in [5.74, 6) is -2.77. The Kier molecular flexibility index (Phi) is 10.5. The maximum atomic E-state index is 13.4. The molecule has 2 aromatic rings. The van der Waals surface area contributed by atoms with Gasteiger partial charge in [0.15, 0.2) is 0 Å². The molecule has 0 aliphatic rings. The van der Waals surface area contributed by atoms with Crippen LogP contribution in [0.25, 0.3) is 6.08 Å². The second kappa shape index (κ2) is 13.3. The van der Waals surface area contributed by atoms with Crippen LogP contribution in [-0.2, 0) is 9.59 Å². The van der Waals surface area contributed by atoms with E-state index in [1.807, 2.05) is 70.2 Å². The number of amides is 3. The van der Waals surface area contributed by atoms with Crippen molar-refractivity contribution < 1.29 is 19.6 Å². The Hall–Kier alpha value is -3.39. The van der Waals surface area contributed by atoms with Crippen LogP contribution in [0, 0.1) is 23.7 Å². The summed E-state index contributed by atoms with van der Waals surface area (Å²) >= 11 is 0. The number of nitrogens with zero attached hydrogens (tertiary/aromatic N) is 1. The number of nitrogens with one attached hydrogen (secondary N) is 3. The fourth-order valence-electron chi connectivity index (χ4n) is 3.78. The van der Waals surface area contributed by atoms with E-state index in [1.165, 1.54) is 5.01 Å². The molecule has 4 N–H and O–H groups in total. The normalized spacial score (nSPS) is 13.1. The summed E-state index contributed by atoms with van der Waals surface area (Å²) in [4.78, 5) is 41.9. The number of rotatable bonds is 11. The summed E-state index contributed by atoms with van der Waals surface area (Å²) in [7, 11) is 0. The van der Waals surface area contributed by atoms with Gasteiger partial charge in [-0.25, -0.2) is 10.5 Å². The summed E-state index contributed by atoms with van der Waals surface area (Å²) in [6, 6.07) is 13.0. The predicted molar refractivity (Wildman–Crippen MR) is 131 cm³/mol. The second-order valence-corrected chi connectivity index (χ2v) is 9.24. The SMILES string of the molecule is CC(C)C[C@@H](C(=O)NN(CC(C)C)C(=O)c1ccc[nH]1)[C@H](CC=Cc1ccccc1)C(=O)NO. The number of carbonyl (C=O) groups is 3. The molecule has 0 unspecified atom stereocenters. The van der Waals surface area contributed by atoms with Crippen LogP contribution in [-0.4, -0.2) is 39.5 Å². The zero-order valence-corrected chi connectivity index (χ0v) is 20.3. The fourth-order valence-corrected chi connectivity index (χ4v) is 3.78. The van der Waals surface area contributed by atoms with Crippen molar-refractivity contribution in [3.05, 3.63) is 66.0 Å². The average molecular weight is 469 g/mol. The number of hydroxylamine groups is 1. The average Bonchev–Trinajstić information content (AvgIpc) is 3.34. The van der Waals surface area contributed by atoms with E-state index in [4.69, 9.17) is 0 Å². The van der Waals surface area contributed by atoms with Gasteiger partial charge in [-0.2, -0.15) is 0 Å². The Labute approximate surface area is 201 Å². The van der Waals surface area contributed by atoms with Crippen LogP contribution in [0.4, 0.5) is 0 Å². The Bertz CT molecular complexity index is 939. The molecule has 0 radical (unpaired) electrons. The van der Waals surface area contributed by atoms with Crippen molar-refractivity contribution in [1.82, 2.24) is 20.9 Å². The molecule has 1 aromatic carbocycles. The van der Waals surface area contributed by atoms with E-state index in [9.17, 15) is 19.6 Å². The lowest BCUT2D eigenvalue weighted by Gasteiger charge is -2.30. The highest BCUT2D eigenvalue weighted by atomic mass is 16.5. The number of benzene rings is 1. The first-order valence-corrected chi connectivity index (χ1v) is 11.6. The third-order valence-corrected chi connectivity index (χ3v) is 5.36. The molecule has 34 heavy (non-hydrogen) atoms. The van der Waals surface area contributed by atoms with Crippen molar-refractivity contribution in [1.29, 1.82) is 0 Å². The van der Waals surface area contributed by atoms with E-state index in [2.05, 4.69) is 10.4 Å². The van der Waals surface area contributed by atoms with Crippen LogP contribution in [0.3, 0.4) is 0 Å². The molecule has 0 fully saturated rings. The monoisotopic (exact) mass is 468 g/mol. The topological polar surface area (TPSA) is 115 Å². The van der Waals surface area contributed by atoms with Gasteiger partial charge in [0, 0.05) is 12.7 Å². The zero-order valence-electron chi connectivity index (χ0n) is 20.3. The molecule has 2 atom stereocenters. The summed E-state index contributed by atoms with van der Waals surface area (Å²) in [5, 5.41) is 10.7. The van der Waals surface area contributed by atoms with Gasteiger partial charge >= 0.3 is 0 Å². The van der Waals surface area contributed by atoms with Crippen molar-refractivity contribution in [2.75, 3.05) is 6.54 Å². The van der Waals surface area contributed by atoms with E-state index in [1.54, 1.807) is 23.8 Å². The summed E-state index contributed by atoms with van der Waals surface area (Å²) in [6.07, 6.45) is 6.01. The highest BCUT2D eigenvalue weighted by Crippen LogP contribution is 2.26. The fraction of sp³-hybridized carbons (Fsp3) is 0.423. The van der Waals surface area contributed by atoms with Gasteiger partial charge in [0.05, 0.1) is 11.8 Å². The molecule has 8 heteroatoms. The number of carbonyl (C=O) groups excluding carboxylic acids is 3. The summed E-state index contributed by atoms with van der Waals surface area (Å²) in [5.41, 5.74) is 5.79. The third-order valence-electron chi connectivity index (χ3n) is 5.36. The van der Waals surface area contributed by atoms with Gasteiger partial charge in [-0.3, -0.25) is 25.0 Å². The number of hydrogen-bond donors (Lipinski definition) is 4. The lowest BCUT2D eigenvalue weighted by molar-refractivity contribution is -0.142. The quantitative estimate of drug-likeness (QED) is 0.294. The van der Waals surface area contributed by atoms with E-state index in [0.717, 1.165) is 5.56 Å². The minimum atomic E-state index is -0.811. The number of hydrazine groups is 1. The molecule has 0 saturated carbocycles.